The lowest BCUT2D eigenvalue weighted by Crippen LogP contribution is -2.29. The van der Waals surface area contributed by atoms with Gasteiger partial charge in [0.1, 0.15) is 0 Å². The van der Waals surface area contributed by atoms with Gasteiger partial charge in [0.2, 0.25) is 5.56 Å². The Morgan fingerprint density at radius 1 is 1.12 bits per heavy atom. The summed E-state index contributed by atoms with van der Waals surface area (Å²) in [6, 6.07) is 11.1. The zero-order valence-corrected chi connectivity index (χ0v) is 14.5. The van der Waals surface area contributed by atoms with Crippen LogP contribution in [0.4, 0.5) is 10.5 Å². The van der Waals surface area contributed by atoms with E-state index in [-0.39, 0.29) is 11.6 Å². The minimum absolute atomic E-state index is 0.110. The van der Waals surface area contributed by atoms with Gasteiger partial charge in [0.25, 0.3) is 0 Å². The second-order valence-corrected chi connectivity index (χ2v) is 6.48. The van der Waals surface area contributed by atoms with Crippen molar-refractivity contribution in [3.63, 3.8) is 0 Å². The van der Waals surface area contributed by atoms with Crippen molar-refractivity contribution in [1.82, 2.24) is 14.8 Å². The molecule has 132 valence electrons. The molecule has 0 saturated carbocycles. The Morgan fingerprint density at radius 2 is 1.88 bits per heavy atom. The van der Waals surface area contributed by atoms with Gasteiger partial charge in [-0.3, -0.25) is 9.69 Å². The number of hydrogen-bond donors (Lipinski definition) is 2. The summed E-state index contributed by atoms with van der Waals surface area (Å²) in [6.45, 7) is 3.78. The summed E-state index contributed by atoms with van der Waals surface area (Å²) in [5.74, 6) is 0. The van der Waals surface area contributed by atoms with Gasteiger partial charge < -0.3 is 15.2 Å². The molecule has 1 saturated heterocycles. The number of nitrogens with zero attached hydrogens (tertiary/aromatic N) is 2. The van der Waals surface area contributed by atoms with Crippen LogP contribution in [0.2, 0.25) is 0 Å². The van der Waals surface area contributed by atoms with Crippen LogP contribution in [0, 0.1) is 0 Å². The van der Waals surface area contributed by atoms with Gasteiger partial charge >= 0.3 is 6.03 Å². The molecule has 25 heavy (non-hydrogen) atoms. The van der Waals surface area contributed by atoms with Gasteiger partial charge in [-0.1, -0.05) is 24.3 Å². The van der Waals surface area contributed by atoms with Crippen LogP contribution >= 0.6 is 0 Å². The molecule has 0 atom stereocenters. The summed E-state index contributed by atoms with van der Waals surface area (Å²) < 4.78 is 1.43. The second-order valence-electron chi connectivity index (χ2n) is 6.48. The number of nitrogens with one attached hydrogen (secondary N) is 2. The Hall–Kier alpha value is -2.60. The molecule has 1 aliphatic heterocycles. The molecular weight excluding hydrogens is 316 g/mol. The average molecular weight is 340 g/mol. The average Bonchev–Trinajstić information content (AvgIpc) is 3.10. The van der Waals surface area contributed by atoms with Crippen LogP contribution in [0.3, 0.4) is 0 Å². The lowest BCUT2D eigenvalue weighted by molar-refractivity contribution is 0.251. The van der Waals surface area contributed by atoms with E-state index in [9.17, 15) is 9.59 Å². The molecule has 2 aromatic rings. The van der Waals surface area contributed by atoms with Crippen molar-refractivity contribution in [2.45, 2.75) is 25.9 Å². The molecule has 1 aromatic carbocycles. The van der Waals surface area contributed by atoms with E-state index in [0.29, 0.717) is 12.2 Å². The van der Waals surface area contributed by atoms with Crippen LogP contribution < -0.4 is 16.2 Å². The Morgan fingerprint density at radius 3 is 2.64 bits per heavy atom. The maximum absolute atomic E-state index is 12.0. The monoisotopic (exact) mass is 340 g/mol. The molecule has 0 spiro atoms. The zero-order chi connectivity index (χ0) is 17.6. The predicted octanol–water partition coefficient (Wildman–Crippen LogP) is 2.30. The van der Waals surface area contributed by atoms with E-state index in [1.165, 1.54) is 42.1 Å². The molecule has 3 rings (SSSR count). The largest absolute Gasteiger partial charge is 0.334 e. The molecule has 0 aliphatic carbocycles. The number of aromatic nitrogens is 1. The van der Waals surface area contributed by atoms with Crippen molar-refractivity contribution >= 4 is 11.7 Å². The number of hydrogen-bond acceptors (Lipinski definition) is 3. The van der Waals surface area contributed by atoms with Crippen LogP contribution in [0.1, 0.15) is 24.0 Å². The highest BCUT2D eigenvalue weighted by molar-refractivity contribution is 5.88. The molecule has 1 fully saturated rings. The molecule has 1 aromatic heterocycles. The van der Waals surface area contributed by atoms with Gasteiger partial charge in [-0.05, 0) is 43.1 Å². The fourth-order valence-electron chi connectivity index (χ4n) is 3.06. The fourth-order valence-corrected chi connectivity index (χ4v) is 3.06. The maximum Gasteiger partial charge on any atom is 0.319 e. The van der Waals surface area contributed by atoms with Crippen molar-refractivity contribution < 1.29 is 4.79 Å². The number of amides is 2. The summed E-state index contributed by atoms with van der Waals surface area (Å²) in [5.41, 5.74) is 2.83. The Balaban J connectivity index is 1.52. The number of carbonyl (C=O) groups excluding carboxylic acids is 1. The number of urea groups is 1. The number of pyridine rings is 1. The van der Waals surface area contributed by atoms with Gasteiger partial charge in [-0.15, -0.1) is 0 Å². The smallest absolute Gasteiger partial charge is 0.319 e. The molecule has 6 nitrogen and oxygen atoms in total. The van der Waals surface area contributed by atoms with Gasteiger partial charge in [-0.25, -0.2) is 4.79 Å². The third-order valence-electron chi connectivity index (χ3n) is 4.39. The lowest BCUT2D eigenvalue weighted by Gasteiger charge is -2.15. The standard InChI is InChI=1S/C19H24N4O2/c1-22-14-17(7-8-18(22)24)21-19(25)20-12-15-5-4-6-16(11-15)13-23-9-2-3-10-23/h4-8,11,14H,2-3,9-10,12-13H2,1H3,(H2,20,21,25). The quantitative estimate of drug-likeness (QED) is 0.878. The van der Waals surface area contributed by atoms with Gasteiger partial charge in [0.15, 0.2) is 0 Å². The van der Waals surface area contributed by atoms with Gasteiger partial charge in [0.05, 0.1) is 5.69 Å². The minimum Gasteiger partial charge on any atom is -0.334 e. The van der Waals surface area contributed by atoms with Crippen LogP contribution in [0.15, 0.2) is 47.4 Å². The normalized spacial score (nSPS) is 14.4. The highest BCUT2D eigenvalue weighted by Gasteiger charge is 2.11. The molecule has 2 N–H and O–H groups in total. The van der Waals surface area contributed by atoms with Crippen molar-refractivity contribution in [3.8, 4) is 0 Å². The van der Waals surface area contributed by atoms with Gasteiger partial charge in [0, 0.05) is 32.4 Å². The zero-order valence-electron chi connectivity index (χ0n) is 14.5. The number of carbonyl (C=O) groups is 1. The molecule has 0 radical (unpaired) electrons. The maximum atomic E-state index is 12.0. The first-order valence-corrected chi connectivity index (χ1v) is 8.62. The third kappa shape index (κ3) is 4.93. The summed E-state index contributed by atoms with van der Waals surface area (Å²) in [4.78, 5) is 25.8. The third-order valence-corrected chi connectivity index (χ3v) is 4.39. The Bertz CT molecular complexity index is 794. The minimum atomic E-state index is -0.288. The van der Waals surface area contributed by atoms with E-state index in [1.54, 1.807) is 19.3 Å². The van der Waals surface area contributed by atoms with E-state index in [2.05, 4.69) is 27.7 Å². The predicted molar refractivity (Wildman–Crippen MR) is 98.5 cm³/mol. The number of benzene rings is 1. The van der Waals surface area contributed by atoms with Crippen molar-refractivity contribution in [1.29, 1.82) is 0 Å². The Kier molecular flexibility index (Phi) is 5.50. The molecule has 1 aliphatic rings. The van der Waals surface area contributed by atoms with E-state index in [1.807, 2.05) is 12.1 Å². The molecule has 2 heterocycles. The van der Waals surface area contributed by atoms with Crippen LogP contribution in [-0.4, -0.2) is 28.6 Å². The topological polar surface area (TPSA) is 66.4 Å². The summed E-state index contributed by atoms with van der Waals surface area (Å²) in [6.07, 6.45) is 4.16. The van der Waals surface area contributed by atoms with Crippen molar-refractivity contribution in [2.75, 3.05) is 18.4 Å². The molecule has 2 amide bonds. The van der Waals surface area contributed by atoms with E-state index < -0.39 is 0 Å². The van der Waals surface area contributed by atoms with Gasteiger partial charge in [-0.2, -0.15) is 0 Å². The first-order chi connectivity index (χ1) is 12.1. The van der Waals surface area contributed by atoms with E-state index in [0.717, 1.165) is 12.1 Å². The van der Waals surface area contributed by atoms with Crippen LogP contribution in [0.25, 0.3) is 0 Å². The van der Waals surface area contributed by atoms with E-state index in [4.69, 9.17) is 0 Å². The first-order valence-electron chi connectivity index (χ1n) is 8.62. The summed E-state index contributed by atoms with van der Waals surface area (Å²) in [5, 5.41) is 5.59. The molecule has 0 bridgehead atoms. The number of aryl methyl sites for hydroxylation is 1. The summed E-state index contributed by atoms with van der Waals surface area (Å²) >= 11 is 0. The molecular formula is C19H24N4O2. The SMILES string of the molecule is Cn1cc(NC(=O)NCc2cccc(CN3CCCC3)c2)ccc1=O. The number of likely N-dealkylation sites (tertiary alicyclic amines) is 1. The summed E-state index contributed by atoms with van der Waals surface area (Å²) in [7, 11) is 1.65. The molecule has 0 unspecified atom stereocenters. The number of anilines is 1. The molecule has 6 heteroatoms. The number of rotatable bonds is 5. The highest BCUT2D eigenvalue weighted by Crippen LogP contribution is 2.14. The fraction of sp³-hybridized carbons (Fsp3) is 0.368. The van der Waals surface area contributed by atoms with E-state index >= 15 is 0 Å². The van der Waals surface area contributed by atoms with Crippen molar-refractivity contribution in [2.24, 2.45) is 7.05 Å². The Labute approximate surface area is 147 Å². The second kappa shape index (κ2) is 7.98. The first kappa shape index (κ1) is 17.2. The van der Waals surface area contributed by atoms with Crippen molar-refractivity contribution in [3.05, 3.63) is 64.1 Å². The lowest BCUT2D eigenvalue weighted by atomic mass is 10.1. The highest BCUT2D eigenvalue weighted by atomic mass is 16.2. The van der Waals surface area contributed by atoms with Crippen LogP contribution in [0.5, 0.6) is 0 Å². The van der Waals surface area contributed by atoms with Crippen LogP contribution in [-0.2, 0) is 20.1 Å².